The Balaban J connectivity index is 1.55. The van der Waals surface area contributed by atoms with Gasteiger partial charge in [-0.05, 0) is 31.4 Å². The van der Waals surface area contributed by atoms with E-state index in [1.54, 1.807) is 18.5 Å². The van der Waals surface area contributed by atoms with Crippen molar-refractivity contribution in [3.05, 3.63) is 57.9 Å². The van der Waals surface area contributed by atoms with Crippen LogP contribution in [-0.2, 0) is 16.6 Å². The third kappa shape index (κ3) is 4.20. The number of carbonyl (C=O) groups is 1. The zero-order valence-electron chi connectivity index (χ0n) is 16.9. The molecule has 2 aromatic heterocycles. The van der Waals surface area contributed by atoms with Crippen LogP contribution in [0, 0.1) is 6.92 Å². The maximum Gasteiger partial charge on any atom is 0.265 e. The highest BCUT2D eigenvalue weighted by atomic mass is 32.2. The van der Waals surface area contributed by atoms with Crippen LogP contribution in [0.3, 0.4) is 0 Å². The van der Waals surface area contributed by atoms with Crippen LogP contribution in [0.15, 0.2) is 46.0 Å². The van der Waals surface area contributed by atoms with Gasteiger partial charge in [0.2, 0.25) is 0 Å². The number of benzene rings is 1. The van der Waals surface area contributed by atoms with Crippen LogP contribution >= 0.6 is 22.7 Å². The summed E-state index contributed by atoms with van der Waals surface area (Å²) >= 11 is 2.52. The Morgan fingerprint density at radius 2 is 1.90 bits per heavy atom. The van der Waals surface area contributed by atoms with Crippen LogP contribution in [-0.4, -0.2) is 48.7 Å². The van der Waals surface area contributed by atoms with Gasteiger partial charge in [0, 0.05) is 37.6 Å². The lowest BCUT2D eigenvalue weighted by Gasteiger charge is -2.15. The normalized spacial score (nSPS) is 14.6. The van der Waals surface area contributed by atoms with Crippen molar-refractivity contribution in [1.29, 1.82) is 0 Å². The highest BCUT2D eigenvalue weighted by molar-refractivity contribution is 7.91. The summed E-state index contributed by atoms with van der Waals surface area (Å²) in [6.07, 6.45) is 2.08. The third-order valence-electron chi connectivity index (χ3n) is 5.12. The van der Waals surface area contributed by atoms with E-state index in [0.29, 0.717) is 22.1 Å². The van der Waals surface area contributed by atoms with Crippen molar-refractivity contribution < 1.29 is 13.2 Å². The molecule has 4 rings (SSSR count). The Morgan fingerprint density at radius 1 is 1.20 bits per heavy atom. The van der Waals surface area contributed by atoms with Gasteiger partial charge >= 0.3 is 0 Å². The zero-order chi connectivity index (χ0) is 21.3. The fraction of sp³-hybridized carbons (Fsp3) is 0.333. The van der Waals surface area contributed by atoms with Gasteiger partial charge in [-0.3, -0.25) is 4.79 Å². The number of amides is 1. The van der Waals surface area contributed by atoms with Gasteiger partial charge in [-0.25, -0.2) is 13.4 Å². The van der Waals surface area contributed by atoms with Gasteiger partial charge in [0.1, 0.15) is 14.1 Å². The van der Waals surface area contributed by atoms with Crippen LogP contribution in [0.5, 0.6) is 0 Å². The highest BCUT2D eigenvalue weighted by Crippen LogP contribution is 2.34. The van der Waals surface area contributed by atoms with Crippen molar-refractivity contribution in [3.63, 3.8) is 0 Å². The van der Waals surface area contributed by atoms with Gasteiger partial charge in [-0.1, -0.05) is 30.3 Å². The summed E-state index contributed by atoms with van der Waals surface area (Å²) in [4.78, 5) is 19.8. The molecule has 3 heterocycles. The highest BCUT2D eigenvalue weighted by Gasteiger charge is 2.26. The minimum absolute atomic E-state index is 0.0272. The van der Waals surface area contributed by atoms with Crippen molar-refractivity contribution in [2.75, 3.05) is 20.1 Å². The van der Waals surface area contributed by atoms with Crippen molar-refractivity contribution in [1.82, 2.24) is 14.2 Å². The summed E-state index contributed by atoms with van der Waals surface area (Å²) in [5.41, 5.74) is 2.37. The first kappa shape index (κ1) is 21.2. The van der Waals surface area contributed by atoms with E-state index in [-0.39, 0.29) is 10.1 Å². The number of sulfonamides is 1. The lowest BCUT2D eigenvalue weighted by Crippen LogP contribution is -2.27. The lowest BCUT2D eigenvalue weighted by atomic mass is 10.2. The average Bonchev–Trinajstić information content (AvgIpc) is 3.48. The molecule has 1 saturated heterocycles. The molecule has 0 radical (unpaired) electrons. The maximum atomic E-state index is 13.0. The number of rotatable bonds is 6. The Bertz CT molecular complexity index is 1150. The van der Waals surface area contributed by atoms with E-state index in [0.717, 1.165) is 37.1 Å². The fourth-order valence-corrected chi connectivity index (χ4v) is 7.05. The third-order valence-corrected chi connectivity index (χ3v) is 9.53. The van der Waals surface area contributed by atoms with Crippen LogP contribution in [0.4, 0.5) is 0 Å². The number of hydrogen-bond donors (Lipinski definition) is 0. The smallest absolute Gasteiger partial charge is 0.265 e. The van der Waals surface area contributed by atoms with Gasteiger partial charge in [0.25, 0.3) is 15.9 Å². The van der Waals surface area contributed by atoms with E-state index < -0.39 is 10.0 Å². The van der Waals surface area contributed by atoms with Crippen LogP contribution in [0.2, 0.25) is 0 Å². The van der Waals surface area contributed by atoms with E-state index in [4.69, 9.17) is 0 Å². The molecule has 0 atom stereocenters. The van der Waals surface area contributed by atoms with Gasteiger partial charge in [0.15, 0.2) is 0 Å². The van der Waals surface area contributed by atoms with Crippen LogP contribution < -0.4 is 0 Å². The molecular weight excluding hydrogens is 438 g/mol. The molecule has 0 saturated carbocycles. The van der Waals surface area contributed by atoms with Crippen molar-refractivity contribution >= 4 is 38.6 Å². The molecule has 0 aliphatic carbocycles. The summed E-state index contributed by atoms with van der Waals surface area (Å²) in [6.45, 7) is 3.72. The Morgan fingerprint density at radius 3 is 2.60 bits per heavy atom. The SMILES string of the molecule is Cc1nc(-c2csc(S(=O)(=O)N(C)Cc3ccccc3)c2)sc1C(=O)N1CCCC1. The Kier molecular flexibility index (Phi) is 6.06. The molecule has 9 heteroatoms. The molecule has 30 heavy (non-hydrogen) atoms. The fourth-order valence-electron chi connectivity index (χ4n) is 3.43. The predicted molar refractivity (Wildman–Crippen MR) is 120 cm³/mol. The molecular formula is C21H23N3O3S3. The molecule has 1 fully saturated rings. The number of thiazole rings is 1. The van der Waals surface area contributed by atoms with Crippen molar-refractivity contribution in [2.45, 2.75) is 30.5 Å². The van der Waals surface area contributed by atoms with E-state index >= 15 is 0 Å². The number of nitrogens with zero attached hydrogens (tertiary/aromatic N) is 3. The monoisotopic (exact) mass is 461 g/mol. The second-order valence-corrected chi connectivity index (χ2v) is 11.5. The average molecular weight is 462 g/mol. The first-order chi connectivity index (χ1) is 14.4. The van der Waals surface area contributed by atoms with Crippen LogP contribution in [0.1, 0.15) is 33.8 Å². The summed E-state index contributed by atoms with van der Waals surface area (Å²) < 4.78 is 27.6. The van der Waals surface area contributed by atoms with E-state index in [9.17, 15) is 13.2 Å². The second-order valence-electron chi connectivity index (χ2n) is 7.33. The zero-order valence-corrected chi connectivity index (χ0v) is 19.3. The molecule has 1 aromatic carbocycles. The molecule has 3 aromatic rings. The number of aryl methyl sites for hydroxylation is 1. The standard InChI is InChI=1S/C21H23N3O3S3/c1-15-19(21(25)24-10-6-7-11-24)29-20(22-15)17-12-18(28-14-17)30(26,27)23(2)13-16-8-4-3-5-9-16/h3-5,8-9,12,14H,6-7,10-11,13H2,1-2H3. The van der Waals surface area contributed by atoms with Crippen molar-refractivity contribution in [3.8, 4) is 10.6 Å². The quantitative estimate of drug-likeness (QED) is 0.551. The molecule has 158 valence electrons. The molecule has 0 bridgehead atoms. The minimum atomic E-state index is -3.60. The largest absolute Gasteiger partial charge is 0.338 e. The minimum Gasteiger partial charge on any atom is -0.338 e. The van der Waals surface area contributed by atoms with E-state index in [1.165, 1.54) is 27.0 Å². The molecule has 0 unspecified atom stereocenters. The van der Waals surface area contributed by atoms with E-state index in [2.05, 4.69) is 4.98 Å². The Hall–Kier alpha value is -2.07. The summed E-state index contributed by atoms with van der Waals surface area (Å²) in [5, 5.41) is 2.48. The predicted octanol–water partition coefficient (Wildman–Crippen LogP) is 4.24. The summed E-state index contributed by atoms with van der Waals surface area (Å²) in [7, 11) is -2.02. The number of aromatic nitrogens is 1. The van der Waals surface area contributed by atoms with Gasteiger partial charge < -0.3 is 4.90 Å². The lowest BCUT2D eigenvalue weighted by molar-refractivity contribution is 0.0796. The first-order valence-electron chi connectivity index (χ1n) is 9.72. The molecule has 6 nitrogen and oxygen atoms in total. The Labute approximate surface area is 184 Å². The number of hydrogen-bond acceptors (Lipinski definition) is 6. The molecule has 1 aliphatic heterocycles. The topological polar surface area (TPSA) is 70.6 Å². The number of carbonyl (C=O) groups excluding carboxylic acids is 1. The second kappa shape index (κ2) is 8.58. The number of likely N-dealkylation sites (tertiary alicyclic amines) is 1. The van der Waals surface area contributed by atoms with Crippen LogP contribution in [0.25, 0.3) is 10.6 Å². The van der Waals surface area contributed by atoms with Gasteiger partial charge in [-0.15, -0.1) is 22.7 Å². The molecule has 1 amide bonds. The van der Waals surface area contributed by atoms with Crippen molar-refractivity contribution in [2.24, 2.45) is 0 Å². The first-order valence-corrected chi connectivity index (χ1v) is 12.9. The number of thiophene rings is 1. The molecule has 0 N–H and O–H groups in total. The van der Waals surface area contributed by atoms with Gasteiger partial charge in [-0.2, -0.15) is 4.31 Å². The summed E-state index contributed by atoms with van der Waals surface area (Å²) in [5.74, 6) is 0.0272. The molecule has 0 spiro atoms. The maximum absolute atomic E-state index is 13.0. The summed E-state index contributed by atoms with van der Waals surface area (Å²) in [6, 6.07) is 11.2. The van der Waals surface area contributed by atoms with Gasteiger partial charge in [0.05, 0.1) is 5.69 Å². The molecule has 1 aliphatic rings. The van der Waals surface area contributed by atoms with E-state index in [1.807, 2.05) is 42.2 Å².